The van der Waals surface area contributed by atoms with Gasteiger partial charge in [0.1, 0.15) is 5.01 Å². The Kier molecular flexibility index (Phi) is 3.00. The van der Waals surface area contributed by atoms with Gasteiger partial charge in [-0.1, -0.05) is 25.2 Å². The van der Waals surface area contributed by atoms with Gasteiger partial charge in [-0.3, -0.25) is 4.40 Å². The molecule has 0 aliphatic heterocycles. The van der Waals surface area contributed by atoms with Crippen LogP contribution in [0.5, 0.6) is 0 Å². The topological polar surface area (TPSA) is 55.1 Å². The average Bonchev–Trinajstić information content (AvgIpc) is 3.01. The van der Waals surface area contributed by atoms with Crippen molar-refractivity contribution in [1.29, 1.82) is 0 Å². The Morgan fingerprint density at radius 2 is 2.28 bits per heavy atom. The molecule has 18 heavy (non-hydrogen) atoms. The Labute approximate surface area is 113 Å². The van der Waals surface area contributed by atoms with E-state index in [1.54, 1.807) is 22.7 Å². The summed E-state index contributed by atoms with van der Waals surface area (Å²) in [6.45, 7) is 4.92. The van der Waals surface area contributed by atoms with Crippen LogP contribution < -0.4 is 5.32 Å². The van der Waals surface area contributed by atoms with Crippen molar-refractivity contribution in [1.82, 2.24) is 19.6 Å². The minimum Gasteiger partial charge on any atom is -0.354 e. The van der Waals surface area contributed by atoms with Crippen LogP contribution in [0.15, 0.2) is 17.8 Å². The van der Waals surface area contributed by atoms with Crippen molar-refractivity contribution >= 4 is 32.8 Å². The molecule has 3 aromatic heterocycles. The van der Waals surface area contributed by atoms with E-state index in [1.807, 2.05) is 22.2 Å². The van der Waals surface area contributed by atoms with E-state index in [0.29, 0.717) is 12.5 Å². The van der Waals surface area contributed by atoms with E-state index in [0.717, 1.165) is 20.8 Å². The number of aromatic nitrogens is 4. The van der Waals surface area contributed by atoms with Gasteiger partial charge in [-0.15, -0.1) is 21.5 Å². The fourth-order valence-corrected chi connectivity index (χ4v) is 3.03. The first-order valence-corrected chi connectivity index (χ1v) is 7.40. The average molecular weight is 279 g/mol. The number of nitrogens with one attached hydrogen (secondary N) is 1. The molecule has 0 spiro atoms. The first kappa shape index (κ1) is 11.6. The Balaban J connectivity index is 1.68. The van der Waals surface area contributed by atoms with E-state index in [4.69, 9.17) is 0 Å². The predicted molar refractivity (Wildman–Crippen MR) is 74.4 cm³/mol. The molecule has 0 aliphatic rings. The van der Waals surface area contributed by atoms with Crippen LogP contribution in [0.3, 0.4) is 0 Å². The van der Waals surface area contributed by atoms with Gasteiger partial charge < -0.3 is 5.32 Å². The minimum atomic E-state index is 0.427. The summed E-state index contributed by atoms with van der Waals surface area (Å²) < 4.78 is 2.03. The van der Waals surface area contributed by atoms with E-state index in [-0.39, 0.29) is 0 Å². The zero-order valence-corrected chi connectivity index (χ0v) is 11.8. The Hall–Kier alpha value is -1.47. The maximum atomic E-state index is 4.51. The number of imidazole rings is 1. The molecule has 0 bridgehead atoms. The number of rotatable bonds is 4. The molecule has 7 heteroatoms. The highest BCUT2D eigenvalue weighted by molar-refractivity contribution is 7.15. The predicted octanol–water partition coefficient (Wildman–Crippen LogP) is 2.98. The van der Waals surface area contributed by atoms with Gasteiger partial charge in [0.15, 0.2) is 4.96 Å². The molecule has 0 radical (unpaired) electrons. The minimum absolute atomic E-state index is 0.427. The van der Waals surface area contributed by atoms with Crippen LogP contribution in [0.4, 0.5) is 5.13 Å². The monoisotopic (exact) mass is 279 g/mol. The normalized spacial score (nSPS) is 11.5. The van der Waals surface area contributed by atoms with Crippen LogP contribution in [0.25, 0.3) is 4.96 Å². The Morgan fingerprint density at radius 3 is 3.00 bits per heavy atom. The Morgan fingerprint density at radius 1 is 1.39 bits per heavy atom. The molecule has 0 atom stereocenters. The van der Waals surface area contributed by atoms with Crippen molar-refractivity contribution in [3.05, 3.63) is 28.5 Å². The van der Waals surface area contributed by atoms with Gasteiger partial charge in [0, 0.05) is 23.7 Å². The molecular formula is C11H13N5S2. The summed E-state index contributed by atoms with van der Waals surface area (Å²) in [6.07, 6.45) is 4.04. The molecule has 0 unspecified atom stereocenters. The van der Waals surface area contributed by atoms with Crippen LogP contribution in [0, 0.1) is 0 Å². The van der Waals surface area contributed by atoms with Gasteiger partial charge >= 0.3 is 0 Å². The van der Waals surface area contributed by atoms with Crippen LogP contribution in [-0.4, -0.2) is 19.6 Å². The Bertz CT molecular complexity index is 623. The van der Waals surface area contributed by atoms with Gasteiger partial charge in [-0.25, -0.2) is 4.98 Å². The van der Waals surface area contributed by atoms with Crippen molar-refractivity contribution < 1.29 is 0 Å². The number of hydrogen-bond acceptors (Lipinski definition) is 6. The third kappa shape index (κ3) is 2.23. The molecule has 94 valence electrons. The molecule has 0 aliphatic carbocycles. The van der Waals surface area contributed by atoms with Crippen molar-refractivity contribution in [3.63, 3.8) is 0 Å². The van der Waals surface area contributed by atoms with E-state index < -0.39 is 0 Å². The second-order valence-electron chi connectivity index (χ2n) is 4.28. The summed E-state index contributed by atoms with van der Waals surface area (Å²) in [5.74, 6) is 0.427. The van der Waals surface area contributed by atoms with E-state index >= 15 is 0 Å². The zero-order chi connectivity index (χ0) is 12.5. The molecule has 0 fully saturated rings. The van der Waals surface area contributed by atoms with Crippen LogP contribution >= 0.6 is 22.7 Å². The fraction of sp³-hybridized carbons (Fsp3) is 0.364. The van der Waals surface area contributed by atoms with Crippen molar-refractivity contribution in [2.45, 2.75) is 26.3 Å². The smallest absolute Gasteiger partial charge is 0.206 e. The number of fused-ring (bicyclic) bond motifs is 1. The molecule has 3 heterocycles. The third-order valence-corrected chi connectivity index (χ3v) is 4.45. The van der Waals surface area contributed by atoms with Gasteiger partial charge in [-0.2, -0.15) is 0 Å². The van der Waals surface area contributed by atoms with Gasteiger partial charge in [0.05, 0.1) is 12.2 Å². The van der Waals surface area contributed by atoms with Gasteiger partial charge in [-0.05, 0) is 0 Å². The second-order valence-corrected chi connectivity index (χ2v) is 6.16. The summed E-state index contributed by atoms with van der Waals surface area (Å²) in [6, 6.07) is 0. The lowest BCUT2D eigenvalue weighted by atomic mass is 10.2. The van der Waals surface area contributed by atoms with Gasteiger partial charge in [0.2, 0.25) is 5.13 Å². The second kappa shape index (κ2) is 4.66. The molecule has 0 amide bonds. The third-order valence-electron chi connectivity index (χ3n) is 2.50. The SMILES string of the molecule is CC(C)c1nnc(NCc2cn3ccsc3n2)s1. The van der Waals surface area contributed by atoms with Gasteiger partial charge in [0.25, 0.3) is 0 Å². The van der Waals surface area contributed by atoms with E-state index in [1.165, 1.54) is 0 Å². The zero-order valence-electron chi connectivity index (χ0n) is 10.1. The highest BCUT2D eigenvalue weighted by Gasteiger charge is 2.08. The van der Waals surface area contributed by atoms with Crippen LogP contribution in [0.2, 0.25) is 0 Å². The number of thiazole rings is 1. The fourth-order valence-electron chi connectivity index (χ4n) is 1.57. The van der Waals surface area contributed by atoms with Crippen molar-refractivity contribution in [3.8, 4) is 0 Å². The lowest BCUT2D eigenvalue weighted by Crippen LogP contribution is -1.98. The largest absolute Gasteiger partial charge is 0.354 e. The maximum Gasteiger partial charge on any atom is 0.206 e. The molecule has 0 aromatic carbocycles. The van der Waals surface area contributed by atoms with E-state index in [2.05, 4.69) is 34.3 Å². The molecule has 5 nitrogen and oxygen atoms in total. The molecule has 0 saturated heterocycles. The summed E-state index contributed by atoms with van der Waals surface area (Å²) in [4.78, 5) is 5.53. The summed E-state index contributed by atoms with van der Waals surface area (Å²) >= 11 is 3.24. The van der Waals surface area contributed by atoms with Crippen LogP contribution in [-0.2, 0) is 6.54 Å². The molecule has 3 aromatic rings. The first-order chi connectivity index (χ1) is 8.72. The summed E-state index contributed by atoms with van der Waals surface area (Å²) in [5.41, 5.74) is 1.02. The molecule has 0 saturated carbocycles. The number of anilines is 1. The lowest BCUT2D eigenvalue weighted by Gasteiger charge is -1.97. The quantitative estimate of drug-likeness (QED) is 0.797. The lowest BCUT2D eigenvalue weighted by molar-refractivity contribution is 0.824. The molecule has 3 rings (SSSR count). The van der Waals surface area contributed by atoms with Crippen molar-refractivity contribution in [2.75, 3.05) is 5.32 Å². The number of hydrogen-bond donors (Lipinski definition) is 1. The summed E-state index contributed by atoms with van der Waals surface area (Å²) in [5, 5.41) is 15.5. The highest BCUT2D eigenvalue weighted by Crippen LogP contribution is 2.22. The van der Waals surface area contributed by atoms with E-state index in [9.17, 15) is 0 Å². The molecule has 1 N–H and O–H groups in total. The number of nitrogens with zero attached hydrogens (tertiary/aromatic N) is 4. The van der Waals surface area contributed by atoms with Crippen LogP contribution in [0.1, 0.15) is 30.5 Å². The van der Waals surface area contributed by atoms with Crippen molar-refractivity contribution in [2.24, 2.45) is 0 Å². The summed E-state index contributed by atoms with van der Waals surface area (Å²) in [7, 11) is 0. The molecular weight excluding hydrogens is 266 g/mol. The maximum absolute atomic E-state index is 4.51. The standard InChI is InChI=1S/C11H13N5S2/c1-7(2)9-14-15-10(18-9)12-5-8-6-16-3-4-17-11(16)13-8/h3-4,6-7H,5H2,1-2H3,(H,12,15). The first-order valence-electron chi connectivity index (χ1n) is 5.70. The highest BCUT2D eigenvalue weighted by atomic mass is 32.1.